The molecule has 2 aliphatic rings. The molecule has 2 aromatic rings. The maximum absolute atomic E-state index is 13.0. The van der Waals surface area contributed by atoms with E-state index in [2.05, 4.69) is 10.6 Å². The van der Waals surface area contributed by atoms with Gasteiger partial charge in [-0.2, -0.15) is 0 Å². The lowest BCUT2D eigenvalue weighted by molar-refractivity contribution is -0.149. The number of carbonyl (C=O) groups excluding carboxylic acids is 3. The van der Waals surface area contributed by atoms with E-state index in [0.717, 1.165) is 29.8 Å². The van der Waals surface area contributed by atoms with Gasteiger partial charge in [-0.15, -0.1) is 11.8 Å². The average Bonchev–Trinajstić information content (AvgIpc) is 2.81. The maximum Gasteiger partial charge on any atom is 0.408 e. The molecular formula is C23H25N3O4S. The fourth-order valence-corrected chi connectivity index (χ4v) is 5.04. The Balaban J connectivity index is 1.39. The molecule has 0 aliphatic carbocycles. The van der Waals surface area contributed by atoms with Crippen molar-refractivity contribution < 1.29 is 19.1 Å². The molecule has 2 heterocycles. The molecule has 0 saturated carbocycles. The molecule has 2 saturated heterocycles. The van der Waals surface area contributed by atoms with Crippen molar-refractivity contribution in [1.82, 2.24) is 15.5 Å². The quantitative estimate of drug-likeness (QED) is 0.647. The third-order valence-corrected chi connectivity index (χ3v) is 6.77. The van der Waals surface area contributed by atoms with Crippen LogP contribution in [0.1, 0.15) is 17.5 Å². The second-order valence-corrected chi connectivity index (χ2v) is 8.81. The first-order valence-electron chi connectivity index (χ1n) is 10.4. The van der Waals surface area contributed by atoms with Crippen molar-refractivity contribution in [2.45, 2.75) is 36.9 Å². The largest absolute Gasteiger partial charge is 0.445 e. The fraction of sp³-hybridized carbons (Fsp3) is 0.348. The van der Waals surface area contributed by atoms with Gasteiger partial charge in [0.2, 0.25) is 11.8 Å². The summed E-state index contributed by atoms with van der Waals surface area (Å²) >= 11 is 1.68. The Morgan fingerprint density at radius 2 is 1.74 bits per heavy atom. The van der Waals surface area contributed by atoms with Crippen LogP contribution < -0.4 is 10.6 Å². The van der Waals surface area contributed by atoms with Crippen LogP contribution in [-0.2, 0) is 27.4 Å². The van der Waals surface area contributed by atoms with Crippen LogP contribution in [0.5, 0.6) is 0 Å². The van der Waals surface area contributed by atoms with Gasteiger partial charge in [0.25, 0.3) is 0 Å². The molecule has 2 fully saturated rings. The first-order valence-corrected chi connectivity index (χ1v) is 11.4. The van der Waals surface area contributed by atoms with Gasteiger partial charge in [-0.25, -0.2) is 4.79 Å². The monoisotopic (exact) mass is 439 g/mol. The number of alkyl carbamates (subject to hydrolysis) is 1. The zero-order chi connectivity index (χ0) is 21.6. The van der Waals surface area contributed by atoms with Crippen molar-refractivity contribution >= 4 is 29.7 Å². The highest BCUT2D eigenvalue weighted by Gasteiger charge is 2.49. The molecule has 0 radical (unpaired) electrons. The summed E-state index contributed by atoms with van der Waals surface area (Å²) in [5.74, 6) is 0.526. The Morgan fingerprint density at radius 1 is 1.06 bits per heavy atom. The van der Waals surface area contributed by atoms with Crippen molar-refractivity contribution in [3.8, 4) is 0 Å². The van der Waals surface area contributed by atoms with Crippen molar-refractivity contribution in [3.63, 3.8) is 0 Å². The third kappa shape index (κ3) is 5.19. The number of ether oxygens (including phenoxy) is 1. The number of fused-ring (bicyclic) bond motifs is 1. The minimum Gasteiger partial charge on any atom is -0.445 e. The number of rotatable bonds is 7. The predicted octanol–water partition coefficient (Wildman–Crippen LogP) is 2.31. The highest BCUT2D eigenvalue weighted by molar-refractivity contribution is 8.00. The summed E-state index contributed by atoms with van der Waals surface area (Å²) in [6.45, 7) is 0.849. The molecule has 162 valence electrons. The number of thioether (sulfide) groups is 1. The number of nitrogens with one attached hydrogen (secondary N) is 2. The molecule has 0 aromatic heterocycles. The molecule has 8 heteroatoms. The Bertz CT molecular complexity index is 925. The van der Waals surface area contributed by atoms with Crippen LogP contribution in [0.25, 0.3) is 0 Å². The van der Waals surface area contributed by atoms with Crippen LogP contribution in [0, 0.1) is 0 Å². The topological polar surface area (TPSA) is 87.7 Å². The molecule has 3 amide bonds. The van der Waals surface area contributed by atoms with Crippen LogP contribution in [0.4, 0.5) is 4.79 Å². The number of hydrogen-bond donors (Lipinski definition) is 2. The number of carbonyl (C=O) groups is 3. The summed E-state index contributed by atoms with van der Waals surface area (Å²) in [7, 11) is 0. The second-order valence-electron chi connectivity index (χ2n) is 7.58. The first-order chi connectivity index (χ1) is 15.1. The molecule has 4 rings (SSSR count). The van der Waals surface area contributed by atoms with Gasteiger partial charge in [0.05, 0.1) is 0 Å². The van der Waals surface area contributed by atoms with E-state index in [4.69, 9.17) is 4.74 Å². The number of nitrogens with zero attached hydrogens (tertiary/aromatic N) is 1. The van der Waals surface area contributed by atoms with Crippen LogP contribution in [0.15, 0.2) is 60.7 Å². The van der Waals surface area contributed by atoms with Gasteiger partial charge in [0, 0.05) is 13.0 Å². The van der Waals surface area contributed by atoms with E-state index in [9.17, 15) is 14.4 Å². The Kier molecular flexibility index (Phi) is 6.76. The van der Waals surface area contributed by atoms with E-state index >= 15 is 0 Å². The zero-order valence-corrected chi connectivity index (χ0v) is 17.8. The molecule has 7 nitrogen and oxygen atoms in total. The van der Waals surface area contributed by atoms with Crippen molar-refractivity contribution in [1.29, 1.82) is 0 Å². The number of benzene rings is 2. The zero-order valence-electron chi connectivity index (χ0n) is 17.0. The lowest BCUT2D eigenvalue weighted by Gasteiger charge is -2.49. The summed E-state index contributed by atoms with van der Waals surface area (Å²) in [5.41, 5.74) is 1.76. The van der Waals surface area contributed by atoms with Gasteiger partial charge in [-0.3, -0.25) is 9.59 Å². The molecule has 2 N–H and O–H groups in total. The Hall–Kier alpha value is -3.00. The SMILES string of the molecule is O=C(N[C@@H](Cc1ccccc1)C(=O)N[C@@H]1C(=O)N2CCCS[C@@H]12)OCc1ccccc1. The van der Waals surface area contributed by atoms with Gasteiger partial charge in [-0.05, 0) is 23.3 Å². The minimum absolute atomic E-state index is 0.0207. The van der Waals surface area contributed by atoms with Crippen molar-refractivity contribution in [3.05, 3.63) is 71.8 Å². The summed E-state index contributed by atoms with van der Waals surface area (Å²) in [5, 5.41) is 5.49. The molecule has 0 bridgehead atoms. The van der Waals surface area contributed by atoms with E-state index in [0.29, 0.717) is 6.42 Å². The first kappa shape index (κ1) is 21.2. The van der Waals surface area contributed by atoms with Gasteiger partial charge >= 0.3 is 6.09 Å². The van der Waals surface area contributed by atoms with Crippen LogP contribution in [-0.4, -0.2) is 52.6 Å². The van der Waals surface area contributed by atoms with Gasteiger partial charge in [0.1, 0.15) is 24.1 Å². The number of amides is 3. The molecule has 0 unspecified atom stereocenters. The Morgan fingerprint density at radius 3 is 2.45 bits per heavy atom. The summed E-state index contributed by atoms with van der Waals surface area (Å²) < 4.78 is 5.29. The highest BCUT2D eigenvalue weighted by atomic mass is 32.2. The third-order valence-electron chi connectivity index (χ3n) is 5.38. The maximum atomic E-state index is 13.0. The highest BCUT2D eigenvalue weighted by Crippen LogP contribution is 2.34. The smallest absolute Gasteiger partial charge is 0.408 e. The standard InChI is InChI=1S/C23H25N3O4S/c27-20(25-19-21(28)26-12-7-13-31-22(19)26)18(14-16-8-3-1-4-9-16)24-23(29)30-15-17-10-5-2-6-11-17/h1-6,8-11,18-19,22H,7,12-15H2,(H,24,29)(H,25,27)/t18-,19+,22-/m0/s1. The Labute approximate surface area is 185 Å². The van der Waals surface area contributed by atoms with Crippen molar-refractivity contribution in [2.75, 3.05) is 12.3 Å². The summed E-state index contributed by atoms with van der Waals surface area (Å²) in [6, 6.07) is 17.4. The van der Waals surface area contributed by atoms with Crippen LogP contribution in [0.3, 0.4) is 0 Å². The van der Waals surface area contributed by atoms with Gasteiger partial charge in [0.15, 0.2) is 0 Å². The lowest BCUT2D eigenvalue weighted by atomic mass is 10.0. The number of hydrogen-bond acceptors (Lipinski definition) is 5. The van der Waals surface area contributed by atoms with E-state index in [-0.39, 0.29) is 23.8 Å². The second kappa shape index (κ2) is 9.87. The van der Waals surface area contributed by atoms with Crippen LogP contribution >= 0.6 is 11.8 Å². The van der Waals surface area contributed by atoms with E-state index in [1.165, 1.54) is 0 Å². The average molecular weight is 440 g/mol. The van der Waals surface area contributed by atoms with Gasteiger partial charge in [-0.1, -0.05) is 60.7 Å². The predicted molar refractivity (Wildman–Crippen MR) is 118 cm³/mol. The van der Waals surface area contributed by atoms with E-state index < -0.39 is 18.2 Å². The fourth-order valence-electron chi connectivity index (χ4n) is 3.74. The van der Waals surface area contributed by atoms with E-state index in [1.54, 1.807) is 16.7 Å². The minimum atomic E-state index is -0.846. The summed E-state index contributed by atoms with van der Waals surface area (Å²) in [6.07, 6.45) is 0.600. The van der Waals surface area contributed by atoms with Crippen LogP contribution in [0.2, 0.25) is 0 Å². The lowest BCUT2D eigenvalue weighted by Crippen LogP contribution is -2.71. The molecule has 2 aliphatic heterocycles. The molecule has 31 heavy (non-hydrogen) atoms. The van der Waals surface area contributed by atoms with Gasteiger partial charge < -0.3 is 20.3 Å². The molecule has 3 atom stereocenters. The number of β-lactam (4-membered cyclic amide) rings is 1. The molecule has 2 aromatic carbocycles. The van der Waals surface area contributed by atoms with Crippen molar-refractivity contribution in [2.24, 2.45) is 0 Å². The molecular weight excluding hydrogens is 414 g/mol. The molecule has 0 spiro atoms. The normalized spacial score (nSPS) is 20.8. The van der Waals surface area contributed by atoms with E-state index in [1.807, 2.05) is 60.7 Å². The summed E-state index contributed by atoms with van der Waals surface area (Å²) in [4.78, 5) is 39.6.